The third-order valence-electron chi connectivity index (χ3n) is 15.3. The van der Waals surface area contributed by atoms with Crippen molar-refractivity contribution in [3.63, 3.8) is 0 Å². The SMILES string of the molecule is c1ccc(N(c2cccc(N(c3ccc4c(c3)oc3ccccc34)c3cc4ccccc4c4c3c3ccc(-c5ccc6sc7ccccc7c6c5)cc3n4-c3ccccc3)c2)c2ccc3c(c2)sc2ccccc23)cc1. The second kappa shape index (κ2) is 17.0. The minimum Gasteiger partial charge on any atom is -0.456 e. The molecular weight excluding hydrogens is 963 g/mol. The molecule has 4 aromatic heterocycles. The minimum atomic E-state index is 0.839. The van der Waals surface area contributed by atoms with E-state index >= 15 is 0 Å². The normalized spacial score (nSPS) is 11.9. The van der Waals surface area contributed by atoms with Crippen molar-refractivity contribution in [2.45, 2.75) is 0 Å². The highest BCUT2D eigenvalue weighted by Gasteiger charge is 2.26. The summed E-state index contributed by atoms with van der Waals surface area (Å²) in [5, 5.41) is 12.0. The van der Waals surface area contributed by atoms with Gasteiger partial charge in [0.2, 0.25) is 0 Å². The number of benzene rings is 12. The van der Waals surface area contributed by atoms with Crippen molar-refractivity contribution >= 4 is 152 Å². The smallest absolute Gasteiger partial charge is 0.137 e. The number of furan rings is 1. The third kappa shape index (κ3) is 6.75. The van der Waals surface area contributed by atoms with Crippen LogP contribution in [0, 0.1) is 0 Å². The quantitative estimate of drug-likeness (QED) is 0.152. The molecule has 0 fully saturated rings. The Labute approximate surface area is 445 Å². The third-order valence-corrected chi connectivity index (χ3v) is 17.6. The molecule has 6 heteroatoms. The molecule has 0 bridgehead atoms. The molecule has 16 aromatic rings. The van der Waals surface area contributed by atoms with Crippen LogP contribution < -0.4 is 9.80 Å². The largest absolute Gasteiger partial charge is 0.456 e. The van der Waals surface area contributed by atoms with Crippen LogP contribution in [0.25, 0.3) is 112 Å². The molecule has 0 aliphatic rings. The van der Waals surface area contributed by atoms with Gasteiger partial charge in [-0.1, -0.05) is 146 Å². The van der Waals surface area contributed by atoms with E-state index in [1.807, 2.05) is 28.7 Å². The molecule has 76 heavy (non-hydrogen) atoms. The van der Waals surface area contributed by atoms with E-state index in [1.165, 1.54) is 62.2 Å². The summed E-state index contributed by atoms with van der Waals surface area (Å²) < 4.78 is 14.4. The zero-order valence-electron chi connectivity index (χ0n) is 40.9. The zero-order chi connectivity index (χ0) is 49.8. The highest BCUT2D eigenvalue weighted by Crippen LogP contribution is 2.50. The summed E-state index contributed by atoms with van der Waals surface area (Å²) in [7, 11) is 0. The van der Waals surface area contributed by atoms with Gasteiger partial charge in [-0.3, -0.25) is 0 Å². The van der Waals surface area contributed by atoms with Gasteiger partial charge in [0, 0.05) is 107 Å². The van der Waals surface area contributed by atoms with Crippen LogP contribution in [0.15, 0.2) is 265 Å². The molecule has 0 radical (unpaired) electrons. The van der Waals surface area contributed by atoms with E-state index in [4.69, 9.17) is 4.42 Å². The minimum absolute atomic E-state index is 0.839. The lowest BCUT2D eigenvalue weighted by atomic mass is 9.99. The lowest BCUT2D eigenvalue weighted by Crippen LogP contribution is -2.13. The Morgan fingerprint density at radius 3 is 1.68 bits per heavy atom. The number of rotatable bonds is 8. The summed E-state index contributed by atoms with van der Waals surface area (Å²) in [5.41, 5.74) is 13.8. The lowest BCUT2D eigenvalue weighted by molar-refractivity contribution is 0.669. The van der Waals surface area contributed by atoms with Gasteiger partial charge >= 0.3 is 0 Å². The molecular formula is C70H43N3OS2. The fraction of sp³-hybridized carbons (Fsp3) is 0. The fourth-order valence-electron chi connectivity index (χ4n) is 11.9. The number of para-hydroxylation sites is 3. The van der Waals surface area contributed by atoms with Crippen LogP contribution in [0.4, 0.5) is 34.1 Å². The predicted molar refractivity (Wildman–Crippen MR) is 326 cm³/mol. The van der Waals surface area contributed by atoms with E-state index < -0.39 is 0 Å². The standard InChI is InChI=1S/C70H43N3OS2/c1-3-17-47(18-4-1)71(52-33-36-58-56-25-10-13-28-65(56)76-68(58)43-52)49-21-15-22-50(41-49)72(51-32-35-55-54-24-9-12-27-63(54)74-64(55)42-51)62-40-46-16-7-8-23-53(46)70-69(62)59-34-30-45(39-61(59)73(70)48-19-5-2-6-20-48)44-31-37-67-60(38-44)57-26-11-14-29-66(57)75-67/h1-43H. The number of nitrogens with zero attached hydrogens (tertiary/aromatic N) is 3. The number of thiophene rings is 2. The van der Waals surface area contributed by atoms with Crippen molar-refractivity contribution in [1.82, 2.24) is 4.57 Å². The van der Waals surface area contributed by atoms with Crippen LogP contribution in [-0.4, -0.2) is 4.57 Å². The topological polar surface area (TPSA) is 24.6 Å². The van der Waals surface area contributed by atoms with Gasteiger partial charge in [0.1, 0.15) is 11.2 Å². The lowest BCUT2D eigenvalue weighted by Gasteiger charge is -2.30. The van der Waals surface area contributed by atoms with E-state index in [0.29, 0.717) is 0 Å². The van der Waals surface area contributed by atoms with Gasteiger partial charge in [-0.2, -0.15) is 0 Å². The van der Waals surface area contributed by atoms with Crippen LogP contribution in [-0.2, 0) is 0 Å². The first-order chi connectivity index (χ1) is 37.7. The molecule has 0 N–H and O–H groups in total. The maximum atomic E-state index is 6.70. The van der Waals surface area contributed by atoms with Gasteiger partial charge in [-0.05, 0) is 126 Å². The second-order valence-corrected chi connectivity index (χ2v) is 21.8. The zero-order valence-corrected chi connectivity index (χ0v) is 42.5. The molecule has 0 atom stereocenters. The number of hydrogen-bond acceptors (Lipinski definition) is 5. The van der Waals surface area contributed by atoms with Crippen LogP contribution in [0.1, 0.15) is 0 Å². The van der Waals surface area contributed by atoms with Crippen molar-refractivity contribution in [3.8, 4) is 16.8 Å². The van der Waals surface area contributed by atoms with E-state index in [0.717, 1.165) is 83.6 Å². The van der Waals surface area contributed by atoms with Crippen molar-refractivity contribution in [2.75, 3.05) is 9.80 Å². The van der Waals surface area contributed by atoms with E-state index in [-0.39, 0.29) is 0 Å². The molecule has 4 nitrogen and oxygen atoms in total. The Kier molecular flexibility index (Phi) is 9.64. The van der Waals surface area contributed by atoms with Gasteiger partial charge in [-0.25, -0.2) is 0 Å². The van der Waals surface area contributed by atoms with Gasteiger partial charge in [0.15, 0.2) is 0 Å². The van der Waals surface area contributed by atoms with Gasteiger partial charge in [0.05, 0.1) is 16.7 Å². The molecule has 16 rings (SSSR count). The van der Waals surface area contributed by atoms with Crippen LogP contribution in [0.3, 0.4) is 0 Å². The highest BCUT2D eigenvalue weighted by atomic mass is 32.1. The summed E-state index contributed by atoms with van der Waals surface area (Å²) in [6.07, 6.45) is 0. The number of fused-ring (bicyclic) bond motifs is 14. The molecule has 0 aliphatic carbocycles. The Bertz CT molecular complexity index is 4970. The maximum absolute atomic E-state index is 6.70. The van der Waals surface area contributed by atoms with Crippen LogP contribution in [0.5, 0.6) is 0 Å². The van der Waals surface area contributed by atoms with E-state index in [1.54, 1.807) is 0 Å². The van der Waals surface area contributed by atoms with E-state index in [2.05, 4.69) is 269 Å². The van der Waals surface area contributed by atoms with Crippen molar-refractivity contribution in [1.29, 1.82) is 0 Å². The molecule has 4 heterocycles. The van der Waals surface area contributed by atoms with Crippen LogP contribution >= 0.6 is 22.7 Å². The molecule has 0 amide bonds. The predicted octanol–water partition coefficient (Wildman–Crippen LogP) is 21.2. The van der Waals surface area contributed by atoms with Gasteiger partial charge in [0.25, 0.3) is 0 Å². The number of aromatic nitrogens is 1. The monoisotopic (exact) mass is 1010 g/mol. The van der Waals surface area contributed by atoms with Crippen molar-refractivity contribution in [2.24, 2.45) is 0 Å². The number of anilines is 6. The summed E-state index contributed by atoms with van der Waals surface area (Å²) in [4.78, 5) is 4.85. The highest BCUT2D eigenvalue weighted by molar-refractivity contribution is 7.26. The number of hydrogen-bond donors (Lipinski definition) is 0. The average Bonchev–Trinajstić information content (AvgIpc) is 4.26. The molecule has 12 aromatic carbocycles. The Morgan fingerprint density at radius 2 is 0.868 bits per heavy atom. The first kappa shape index (κ1) is 43.0. The Hall–Kier alpha value is -9.46. The molecule has 0 saturated carbocycles. The first-order valence-electron chi connectivity index (χ1n) is 25.7. The molecule has 0 aliphatic heterocycles. The maximum Gasteiger partial charge on any atom is 0.137 e. The average molecular weight is 1010 g/mol. The van der Waals surface area contributed by atoms with Crippen molar-refractivity contribution < 1.29 is 4.42 Å². The molecule has 356 valence electrons. The van der Waals surface area contributed by atoms with E-state index in [9.17, 15) is 0 Å². The Morgan fingerprint density at radius 1 is 0.316 bits per heavy atom. The molecule has 0 saturated heterocycles. The summed E-state index contributed by atoms with van der Waals surface area (Å²) in [5.74, 6) is 0. The van der Waals surface area contributed by atoms with Gasteiger partial charge < -0.3 is 18.8 Å². The van der Waals surface area contributed by atoms with Gasteiger partial charge in [-0.15, -0.1) is 22.7 Å². The molecule has 0 spiro atoms. The summed E-state index contributed by atoms with van der Waals surface area (Å²) in [6.45, 7) is 0. The molecule has 0 unspecified atom stereocenters. The van der Waals surface area contributed by atoms with Crippen molar-refractivity contribution in [3.05, 3.63) is 261 Å². The second-order valence-electron chi connectivity index (χ2n) is 19.6. The summed E-state index contributed by atoms with van der Waals surface area (Å²) >= 11 is 3.70. The first-order valence-corrected chi connectivity index (χ1v) is 27.4. The van der Waals surface area contributed by atoms with Crippen LogP contribution in [0.2, 0.25) is 0 Å². The Balaban J connectivity index is 0.968. The summed E-state index contributed by atoms with van der Waals surface area (Å²) in [6, 6.07) is 95.5. The fourth-order valence-corrected chi connectivity index (χ4v) is 14.1.